The summed E-state index contributed by atoms with van der Waals surface area (Å²) in [5, 5.41) is 3.41. The maximum absolute atomic E-state index is 5.57. The molecule has 100 valence electrons. The highest BCUT2D eigenvalue weighted by Crippen LogP contribution is 2.27. The van der Waals surface area contributed by atoms with Crippen LogP contribution in [0.25, 0.3) is 0 Å². The predicted molar refractivity (Wildman–Crippen MR) is 70.2 cm³/mol. The van der Waals surface area contributed by atoms with Gasteiger partial charge in [-0.2, -0.15) is 0 Å². The summed E-state index contributed by atoms with van der Waals surface area (Å²) in [6.07, 6.45) is 2.73. The van der Waals surface area contributed by atoms with E-state index < -0.39 is 0 Å². The Bertz CT molecular complexity index is 375. The van der Waals surface area contributed by atoms with E-state index >= 15 is 0 Å². The van der Waals surface area contributed by atoms with E-state index in [9.17, 15) is 0 Å². The van der Waals surface area contributed by atoms with Gasteiger partial charge >= 0.3 is 0 Å². The van der Waals surface area contributed by atoms with Crippen LogP contribution >= 0.6 is 0 Å². The van der Waals surface area contributed by atoms with Gasteiger partial charge in [-0.25, -0.2) is 0 Å². The van der Waals surface area contributed by atoms with Gasteiger partial charge in [0.2, 0.25) is 0 Å². The third-order valence-electron chi connectivity index (χ3n) is 3.17. The molecule has 0 unspecified atom stereocenters. The predicted octanol–water partition coefficient (Wildman–Crippen LogP) is 1.97. The van der Waals surface area contributed by atoms with Crippen LogP contribution in [-0.4, -0.2) is 33.5 Å². The van der Waals surface area contributed by atoms with Gasteiger partial charge in [-0.1, -0.05) is 6.07 Å². The smallest absolute Gasteiger partial charge is 0.161 e. The van der Waals surface area contributed by atoms with E-state index in [1.807, 2.05) is 18.2 Å². The zero-order valence-corrected chi connectivity index (χ0v) is 11.1. The fourth-order valence-corrected chi connectivity index (χ4v) is 2.17. The average molecular weight is 251 g/mol. The van der Waals surface area contributed by atoms with Crippen LogP contribution in [0.4, 0.5) is 0 Å². The Kier molecular flexibility index (Phi) is 4.84. The Morgan fingerprint density at radius 2 is 2.11 bits per heavy atom. The van der Waals surface area contributed by atoms with Crippen LogP contribution in [0.1, 0.15) is 18.4 Å². The molecule has 0 amide bonds. The molecule has 0 bridgehead atoms. The van der Waals surface area contributed by atoms with Crippen molar-refractivity contribution in [3.8, 4) is 11.5 Å². The van der Waals surface area contributed by atoms with Gasteiger partial charge in [0.05, 0.1) is 20.3 Å². The van der Waals surface area contributed by atoms with Crippen LogP contribution in [0.2, 0.25) is 0 Å². The molecule has 1 atom stereocenters. The number of methoxy groups -OCH3 is 2. The normalized spacial score (nSPS) is 18.9. The van der Waals surface area contributed by atoms with Crippen LogP contribution in [0.5, 0.6) is 11.5 Å². The third-order valence-corrected chi connectivity index (χ3v) is 3.17. The Labute approximate surface area is 108 Å². The molecule has 1 aromatic rings. The van der Waals surface area contributed by atoms with Crippen LogP contribution in [-0.2, 0) is 11.3 Å². The topological polar surface area (TPSA) is 39.7 Å². The van der Waals surface area contributed by atoms with Crippen molar-refractivity contribution in [1.82, 2.24) is 5.32 Å². The van der Waals surface area contributed by atoms with Gasteiger partial charge in [-0.05, 0) is 30.5 Å². The lowest BCUT2D eigenvalue weighted by molar-refractivity contribution is 0.110. The molecule has 1 saturated heterocycles. The molecule has 1 heterocycles. The minimum absolute atomic E-state index is 0.380. The molecule has 18 heavy (non-hydrogen) atoms. The Morgan fingerprint density at radius 3 is 2.78 bits per heavy atom. The van der Waals surface area contributed by atoms with Crippen molar-refractivity contribution in [2.45, 2.75) is 25.5 Å². The van der Waals surface area contributed by atoms with Crippen molar-refractivity contribution < 1.29 is 14.2 Å². The molecule has 0 aromatic heterocycles. The minimum atomic E-state index is 0.380. The van der Waals surface area contributed by atoms with Crippen LogP contribution in [0.15, 0.2) is 18.2 Å². The Morgan fingerprint density at radius 1 is 1.28 bits per heavy atom. The van der Waals surface area contributed by atoms with E-state index in [4.69, 9.17) is 14.2 Å². The molecule has 0 saturated carbocycles. The standard InChI is InChI=1S/C14H21NO3/c1-16-13-6-5-11(8-14(13)17-2)9-15-10-12-4-3-7-18-12/h5-6,8,12,15H,3-4,7,9-10H2,1-2H3/t12-/m1/s1. The third kappa shape index (κ3) is 3.37. The molecule has 1 N–H and O–H groups in total. The number of nitrogens with one attached hydrogen (secondary N) is 1. The fraction of sp³-hybridized carbons (Fsp3) is 0.571. The van der Waals surface area contributed by atoms with Gasteiger partial charge in [-0.3, -0.25) is 0 Å². The first-order valence-electron chi connectivity index (χ1n) is 6.36. The van der Waals surface area contributed by atoms with Crippen LogP contribution in [0.3, 0.4) is 0 Å². The van der Waals surface area contributed by atoms with Gasteiger partial charge in [-0.15, -0.1) is 0 Å². The molecular weight excluding hydrogens is 230 g/mol. The summed E-state index contributed by atoms with van der Waals surface area (Å²) in [4.78, 5) is 0. The molecule has 1 fully saturated rings. The van der Waals surface area contributed by atoms with Gasteiger partial charge in [0, 0.05) is 19.7 Å². The van der Waals surface area contributed by atoms with E-state index in [1.165, 1.54) is 18.4 Å². The molecule has 4 heteroatoms. The van der Waals surface area contributed by atoms with Gasteiger partial charge in [0.15, 0.2) is 11.5 Å². The summed E-state index contributed by atoms with van der Waals surface area (Å²) in [6, 6.07) is 5.98. The first kappa shape index (κ1) is 13.2. The molecule has 1 aliphatic heterocycles. The highest BCUT2D eigenvalue weighted by atomic mass is 16.5. The highest BCUT2D eigenvalue weighted by Gasteiger charge is 2.14. The van der Waals surface area contributed by atoms with E-state index in [0.717, 1.165) is 31.2 Å². The van der Waals surface area contributed by atoms with Crippen molar-refractivity contribution in [1.29, 1.82) is 0 Å². The SMILES string of the molecule is COc1ccc(CNC[C@H]2CCCO2)cc1OC. The Balaban J connectivity index is 1.84. The largest absolute Gasteiger partial charge is 0.493 e. The lowest BCUT2D eigenvalue weighted by Gasteiger charge is -2.12. The Hall–Kier alpha value is -1.26. The van der Waals surface area contributed by atoms with Crippen molar-refractivity contribution in [3.63, 3.8) is 0 Å². The number of benzene rings is 1. The van der Waals surface area contributed by atoms with Gasteiger partial charge < -0.3 is 19.5 Å². The molecule has 4 nitrogen and oxygen atoms in total. The fourth-order valence-electron chi connectivity index (χ4n) is 2.17. The van der Waals surface area contributed by atoms with E-state index in [0.29, 0.717) is 6.10 Å². The second-order valence-electron chi connectivity index (χ2n) is 4.46. The van der Waals surface area contributed by atoms with Gasteiger partial charge in [0.1, 0.15) is 0 Å². The number of hydrogen-bond donors (Lipinski definition) is 1. The minimum Gasteiger partial charge on any atom is -0.493 e. The summed E-state index contributed by atoms with van der Waals surface area (Å²) >= 11 is 0. The maximum atomic E-state index is 5.57. The lowest BCUT2D eigenvalue weighted by atomic mass is 10.2. The van der Waals surface area contributed by atoms with Crippen molar-refractivity contribution in [3.05, 3.63) is 23.8 Å². The number of hydrogen-bond acceptors (Lipinski definition) is 4. The molecule has 0 radical (unpaired) electrons. The summed E-state index contributed by atoms with van der Waals surface area (Å²) in [7, 11) is 3.30. The second kappa shape index (κ2) is 6.61. The summed E-state index contributed by atoms with van der Waals surface area (Å²) in [5.74, 6) is 1.54. The van der Waals surface area contributed by atoms with Crippen LogP contribution < -0.4 is 14.8 Å². The zero-order valence-electron chi connectivity index (χ0n) is 11.1. The average Bonchev–Trinajstić information content (AvgIpc) is 2.91. The van der Waals surface area contributed by atoms with E-state index in [2.05, 4.69) is 5.32 Å². The summed E-state index contributed by atoms with van der Waals surface area (Å²) in [5.41, 5.74) is 1.19. The van der Waals surface area contributed by atoms with Crippen LogP contribution in [0, 0.1) is 0 Å². The molecule has 2 rings (SSSR count). The van der Waals surface area contributed by atoms with E-state index in [-0.39, 0.29) is 0 Å². The highest BCUT2D eigenvalue weighted by molar-refractivity contribution is 5.42. The summed E-state index contributed by atoms with van der Waals surface area (Å²) in [6.45, 7) is 2.64. The molecule has 0 aliphatic carbocycles. The number of rotatable bonds is 6. The number of ether oxygens (including phenoxy) is 3. The molecule has 1 aliphatic rings. The van der Waals surface area contributed by atoms with Crippen molar-refractivity contribution in [2.24, 2.45) is 0 Å². The first-order chi connectivity index (χ1) is 8.83. The molecule has 1 aromatic carbocycles. The van der Waals surface area contributed by atoms with Crippen molar-refractivity contribution >= 4 is 0 Å². The maximum Gasteiger partial charge on any atom is 0.161 e. The lowest BCUT2D eigenvalue weighted by Crippen LogP contribution is -2.25. The first-order valence-corrected chi connectivity index (χ1v) is 6.36. The zero-order chi connectivity index (χ0) is 12.8. The second-order valence-corrected chi connectivity index (χ2v) is 4.46. The molecular formula is C14H21NO3. The quantitative estimate of drug-likeness (QED) is 0.839. The van der Waals surface area contributed by atoms with Gasteiger partial charge in [0.25, 0.3) is 0 Å². The monoisotopic (exact) mass is 251 g/mol. The van der Waals surface area contributed by atoms with E-state index in [1.54, 1.807) is 14.2 Å². The molecule has 0 spiro atoms. The summed E-state index contributed by atoms with van der Waals surface area (Å²) < 4.78 is 16.1. The van der Waals surface area contributed by atoms with Crippen molar-refractivity contribution in [2.75, 3.05) is 27.4 Å².